The van der Waals surface area contributed by atoms with Crippen LogP contribution in [0.3, 0.4) is 0 Å². The molecule has 5 nitrogen and oxygen atoms in total. The van der Waals surface area contributed by atoms with E-state index in [-0.39, 0.29) is 0 Å². The van der Waals surface area contributed by atoms with Gasteiger partial charge in [0, 0.05) is 25.0 Å². The summed E-state index contributed by atoms with van der Waals surface area (Å²) in [5, 5.41) is 4.48. The van der Waals surface area contributed by atoms with Gasteiger partial charge in [0.05, 0.1) is 11.6 Å². The number of nitrogens with zero attached hydrogens (tertiary/aromatic N) is 5. The van der Waals surface area contributed by atoms with E-state index in [1.807, 2.05) is 23.7 Å². The van der Waals surface area contributed by atoms with Gasteiger partial charge in [-0.3, -0.25) is 4.68 Å². The molecule has 21 heavy (non-hydrogen) atoms. The first-order chi connectivity index (χ1) is 10.2. The fourth-order valence-corrected chi connectivity index (χ4v) is 2.83. The Morgan fingerprint density at radius 1 is 1.24 bits per heavy atom. The van der Waals surface area contributed by atoms with Crippen LogP contribution < -0.4 is 0 Å². The minimum atomic E-state index is 0.399. The molecule has 6 heteroatoms. The van der Waals surface area contributed by atoms with Crippen LogP contribution in [0.25, 0.3) is 11.2 Å². The molecule has 0 fully saturated rings. The summed E-state index contributed by atoms with van der Waals surface area (Å²) in [4.78, 5) is 8.94. The summed E-state index contributed by atoms with van der Waals surface area (Å²) in [6, 6.07) is 5.96. The molecule has 3 rings (SSSR count). The lowest BCUT2D eigenvalue weighted by atomic mass is 10.3. The van der Waals surface area contributed by atoms with Crippen LogP contribution in [-0.4, -0.2) is 24.3 Å². The van der Waals surface area contributed by atoms with E-state index >= 15 is 0 Å². The third-order valence-corrected chi connectivity index (χ3v) is 3.80. The predicted octanol–water partition coefficient (Wildman–Crippen LogP) is 3.07. The van der Waals surface area contributed by atoms with Gasteiger partial charge >= 0.3 is 0 Å². The highest BCUT2D eigenvalue weighted by atomic mass is 35.5. The third-order valence-electron chi connectivity index (χ3n) is 3.56. The number of rotatable bonds is 5. The molecule has 0 radical (unpaired) electrons. The number of fused-ring (bicyclic) bond motifs is 1. The van der Waals surface area contributed by atoms with Crippen molar-refractivity contribution in [3.63, 3.8) is 0 Å². The number of alkyl halides is 1. The zero-order valence-electron chi connectivity index (χ0n) is 12.3. The van der Waals surface area contributed by atoms with Crippen molar-refractivity contribution in [1.82, 2.24) is 24.3 Å². The first kappa shape index (κ1) is 14.1. The Kier molecular flexibility index (Phi) is 3.92. The van der Waals surface area contributed by atoms with E-state index in [4.69, 9.17) is 11.6 Å². The van der Waals surface area contributed by atoms with Crippen molar-refractivity contribution in [1.29, 1.82) is 0 Å². The Morgan fingerprint density at radius 3 is 2.81 bits per heavy atom. The summed E-state index contributed by atoms with van der Waals surface area (Å²) < 4.78 is 4.15. The predicted molar refractivity (Wildman–Crippen MR) is 83.4 cm³/mol. The van der Waals surface area contributed by atoms with Crippen LogP contribution in [0.5, 0.6) is 0 Å². The molecule has 0 unspecified atom stereocenters. The second-order valence-corrected chi connectivity index (χ2v) is 5.43. The lowest BCUT2D eigenvalue weighted by Crippen LogP contribution is -2.09. The molecule has 0 amide bonds. The van der Waals surface area contributed by atoms with E-state index in [0.717, 1.165) is 42.2 Å². The molecule has 0 aromatic carbocycles. The highest BCUT2D eigenvalue weighted by Gasteiger charge is 2.10. The van der Waals surface area contributed by atoms with Crippen LogP contribution in [0.1, 0.15) is 23.6 Å². The van der Waals surface area contributed by atoms with Crippen LogP contribution >= 0.6 is 11.6 Å². The largest absolute Gasteiger partial charge is 0.312 e. The van der Waals surface area contributed by atoms with Crippen molar-refractivity contribution in [3.8, 4) is 0 Å². The smallest absolute Gasteiger partial charge is 0.160 e. The highest BCUT2D eigenvalue weighted by Crippen LogP contribution is 2.16. The van der Waals surface area contributed by atoms with Crippen LogP contribution in [-0.2, 0) is 19.0 Å². The number of pyridine rings is 1. The highest BCUT2D eigenvalue weighted by molar-refractivity contribution is 6.16. The van der Waals surface area contributed by atoms with E-state index in [0.29, 0.717) is 5.88 Å². The molecule has 0 bridgehead atoms. The molecule has 0 saturated heterocycles. The summed E-state index contributed by atoms with van der Waals surface area (Å²) in [5.74, 6) is 1.27. The number of aryl methyl sites for hydroxylation is 4. The van der Waals surface area contributed by atoms with Crippen LogP contribution in [0, 0.1) is 13.8 Å². The van der Waals surface area contributed by atoms with Crippen LogP contribution in [0.4, 0.5) is 0 Å². The minimum Gasteiger partial charge on any atom is -0.312 e. The zero-order chi connectivity index (χ0) is 14.8. The molecule has 3 heterocycles. The zero-order valence-corrected chi connectivity index (χ0v) is 13.0. The maximum absolute atomic E-state index is 6.00. The SMILES string of the molecule is Cc1cc(C)n(CCCn2c(CCl)nc3cccnc32)n1. The quantitative estimate of drug-likeness (QED) is 0.681. The summed E-state index contributed by atoms with van der Waals surface area (Å²) in [7, 11) is 0. The third kappa shape index (κ3) is 2.78. The fourth-order valence-electron chi connectivity index (χ4n) is 2.62. The van der Waals surface area contributed by atoms with Gasteiger partial charge < -0.3 is 4.57 Å². The van der Waals surface area contributed by atoms with E-state index in [2.05, 4.69) is 32.6 Å². The number of halogens is 1. The molecular formula is C15H18ClN5. The van der Waals surface area contributed by atoms with E-state index < -0.39 is 0 Å². The van der Waals surface area contributed by atoms with Gasteiger partial charge in [-0.25, -0.2) is 9.97 Å². The van der Waals surface area contributed by atoms with Gasteiger partial charge in [-0.1, -0.05) is 0 Å². The number of aromatic nitrogens is 5. The average Bonchev–Trinajstić information content (AvgIpc) is 2.99. The second kappa shape index (κ2) is 5.85. The van der Waals surface area contributed by atoms with Crippen molar-refractivity contribution in [3.05, 3.63) is 41.6 Å². The molecule has 110 valence electrons. The topological polar surface area (TPSA) is 48.5 Å². The van der Waals surface area contributed by atoms with Crippen LogP contribution in [0.15, 0.2) is 24.4 Å². The lowest BCUT2D eigenvalue weighted by Gasteiger charge is -2.08. The van der Waals surface area contributed by atoms with E-state index in [1.54, 1.807) is 6.20 Å². The molecule has 3 aromatic heterocycles. The van der Waals surface area contributed by atoms with Gasteiger partial charge in [0.1, 0.15) is 11.3 Å². The van der Waals surface area contributed by atoms with Crippen molar-refractivity contribution in [2.24, 2.45) is 0 Å². The number of imidazole rings is 1. The van der Waals surface area contributed by atoms with E-state index in [9.17, 15) is 0 Å². The van der Waals surface area contributed by atoms with Crippen molar-refractivity contribution < 1.29 is 0 Å². The van der Waals surface area contributed by atoms with Gasteiger partial charge in [-0.15, -0.1) is 11.6 Å². The van der Waals surface area contributed by atoms with E-state index in [1.165, 1.54) is 5.69 Å². The lowest BCUT2D eigenvalue weighted by molar-refractivity contribution is 0.515. The van der Waals surface area contributed by atoms with Crippen molar-refractivity contribution in [2.75, 3.05) is 0 Å². The molecule has 0 spiro atoms. The standard InChI is InChI=1S/C15H18ClN5/c1-11-9-12(2)21(19-11)8-4-7-20-14(10-16)18-13-5-3-6-17-15(13)20/h3,5-6,9H,4,7-8,10H2,1-2H3. The monoisotopic (exact) mass is 303 g/mol. The van der Waals surface area contributed by atoms with Crippen molar-refractivity contribution >= 4 is 22.8 Å². The summed E-state index contributed by atoms with van der Waals surface area (Å²) in [6.45, 7) is 5.82. The Balaban J connectivity index is 1.77. The number of hydrogen-bond acceptors (Lipinski definition) is 3. The van der Waals surface area contributed by atoms with Gasteiger partial charge in [-0.2, -0.15) is 5.10 Å². The molecule has 0 saturated carbocycles. The maximum atomic E-state index is 6.00. The molecule has 0 atom stereocenters. The molecule has 0 aliphatic carbocycles. The first-order valence-corrected chi connectivity index (χ1v) is 7.59. The summed E-state index contributed by atoms with van der Waals surface area (Å²) >= 11 is 6.00. The molecule has 0 N–H and O–H groups in total. The second-order valence-electron chi connectivity index (χ2n) is 5.16. The van der Waals surface area contributed by atoms with Gasteiger partial charge in [0.2, 0.25) is 0 Å². The Morgan fingerprint density at radius 2 is 2.10 bits per heavy atom. The van der Waals surface area contributed by atoms with Gasteiger partial charge in [0.25, 0.3) is 0 Å². The number of hydrogen-bond donors (Lipinski definition) is 0. The molecule has 0 aliphatic heterocycles. The molecule has 3 aromatic rings. The summed E-state index contributed by atoms with van der Waals surface area (Å²) in [5.41, 5.74) is 4.06. The minimum absolute atomic E-state index is 0.399. The first-order valence-electron chi connectivity index (χ1n) is 7.06. The normalized spacial score (nSPS) is 11.4. The fraction of sp³-hybridized carbons (Fsp3) is 0.400. The molecular weight excluding hydrogens is 286 g/mol. The Hall–Kier alpha value is -1.88. The van der Waals surface area contributed by atoms with Crippen molar-refractivity contribution in [2.45, 2.75) is 39.2 Å². The Labute approximate surface area is 128 Å². The summed E-state index contributed by atoms with van der Waals surface area (Å²) in [6.07, 6.45) is 2.76. The van der Waals surface area contributed by atoms with Gasteiger partial charge in [0.15, 0.2) is 5.65 Å². The van der Waals surface area contributed by atoms with Crippen LogP contribution in [0.2, 0.25) is 0 Å². The maximum Gasteiger partial charge on any atom is 0.160 e. The molecule has 0 aliphatic rings. The Bertz CT molecular complexity index is 759. The van der Waals surface area contributed by atoms with Gasteiger partial charge in [-0.05, 0) is 38.5 Å². The average molecular weight is 304 g/mol.